The lowest BCUT2D eigenvalue weighted by Gasteiger charge is -2.45. The topological polar surface area (TPSA) is 45.9 Å². The van der Waals surface area contributed by atoms with Crippen molar-refractivity contribution < 1.29 is 13.3 Å². The van der Waals surface area contributed by atoms with E-state index >= 15 is 0 Å². The van der Waals surface area contributed by atoms with Gasteiger partial charge in [0, 0.05) is 80.5 Å². The maximum atomic E-state index is 7.70. The molecule has 2 aliphatic heterocycles. The Morgan fingerprint density at radius 3 is 1.34 bits per heavy atom. The van der Waals surface area contributed by atoms with E-state index in [-0.39, 0.29) is 5.41 Å². The SMILES string of the molecule is CC(C)(C)c1ccc(N2c3cc(-c4ccccc4-c4ccccc4)cc4c3B(c3c(c5oc6ccccc6c5c5c3oc3ccccc35)N4c3ccccc3-c3ccccc3)c3c2c2oc4ccccc4c2c2c3sc3ccccc32)c(-c2ccccc2)c1. The molecule has 89 heavy (non-hydrogen) atoms. The van der Waals surface area contributed by atoms with Crippen LogP contribution in [-0.4, -0.2) is 6.71 Å². The van der Waals surface area contributed by atoms with Crippen LogP contribution in [0.2, 0.25) is 0 Å². The number of hydrogen-bond acceptors (Lipinski definition) is 6. The monoisotopic (exact) mass is 1160 g/mol. The highest BCUT2D eigenvalue weighted by atomic mass is 32.1. The van der Waals surface area contributed by atoms with Gasteiger partial charge in [-0.15, -0.1) is 11.3 Å². The van der Waals surface area contributed by atoms with Crippen LogP contribution in [0.15, 0.2) is 280 Å². The molecule has 0 N–H and O–H groups in total. The Balaban J connectivity index is 1.09. The molecule has 19 rings (SSSR count). The summed E-state index contributed by atoms with van der Waals surface area (Å²) in [4.78, 5) is 5.18. The minimum atomic E-state index is -0.456. The average molecular weight is 1160 g/mol. The Bertz CT molecular complexity index is 5810. The zero-order valence-corrected chi connectivity index (χ0v) is 49.8. The molecule has 0 aliphatic carbocycles. The molecular weight excluding hydrogens is 1100 g/mol. The summed E-state index contributed by atoms with van der Waals surface area (Å²) in [6.07, 6.45) is 0. The van der Waals surface area contributed by atoms with Gasteiger partial charge in [-0.2, -0.15) is 0 Å². The van der Waals surface area contributed by atoms with Crippen molar-refractivity contribution in [1.29, 1.82) is 0 Å². The van der Waals surface area contributed by atoms with Gasteiger partial charge in [0.1, 0.15) is 22.3 Å². The molecule has 0 saturated heterocycles. The minimum Gasteiger partial charge on any atom is -0.456 e. The van der Waals surface area contributed by atoms with Crippen LogP contribution in [0.3, 0.4) is 0 Å². The van der Waals surface area contributed by atoms with Crippen LogP contribution in [0.4, 0.5) is 34.1 Å². The second kappa shape index (κ2) is 18.8. The van der Waals surface area contributed by atoms with Gasteiger partial charge in [-0.1, -0.05) is 233 Å². The number of rotatable bonds is 6. The van der Waals surface area contributed by atoms with E-state index in [9.17, 15) is 0 Å². The van der Waals surface area contributed by atoms with Crippen LogP contribution >= 0.6 is 11.3 Å². The van der Waals surface area contributed by atoms with E-state index in [1.807, 2.05) is 11.3 Å². The first-order chi connectivity index (χ1) is 43.8. The first-order valence-corrected chi connectivity index (χ1v) is 31.5. The summed E-state index contributed by atoms with van der Waals surface area (Å²) in [6, 6.07) is 97.5. The number of para-hydroxylation sites is 4. The van der Waals surface area contributed by atoms with E-state index in [0.717, 1.165) is 161 Å². The Kier molecular flexibility index (Phi) is 10.6. The van der Waals surface area contributed by atoms with Gasteiger partial charge in [0.2, 0.25) is 0 Å². The van der Waals surface area contributed by atoms with E-state index in [1.54, 1.807) is 0 Å². The van der Waals surface area contributed by atoms with Gasteiger partial charge in [0.05, 0.1) is 22.7 Å². The van der Waals surface area contributed by atoms with E-state index in [1.165, 1.54) is 25.7 Å². The van der Waals surface area contributed by atoms with Crippen molar-refractivity contribution in [3.63, 3.8) is 0 Å². The van der Waals surface area contributed by atoms with Gasteiger partial charge in [-0.25, -0.2) is 0 Å². The third-order valence-corrected chi connectivity index (χ3v) is 20.2. The number of anilines is 6. The molecule has 0 unspecified atom stereocenters. The van der Waals surface area contributed by atoms with E-state index in [4.69, 9.17) is 13.3 Å². The Morgan fingerprint density at radius 2 is 0.753 bits per heavy atom. The van der Waals surface area contributed by atoms with Crippen molar-refractivity contribution in [2.45, 2.75) is 26.2 Å². The lowest BCUT2D eigenvalue weighted by Crippen LogP contribution is -2.61. The Morgan fingerprint density at radius 1 is 0.326 bits per heavy atom. The van der Waals surface area contributed by atoms with Crippen molar-refractivity contribution in [2.75, 3.05) is 9.80 Å². The highest BCUT2D eigenvalue weighted by Crippen LogP contribution is 2.57. The van der Waals surface area contributed by atoms with Gasteiger partial charge in [-0.3, -0.25) is 0 Å². The van der Waals surface area contributed by atoms with E-state index in [0.29, 0.717) is 0 Å². The second-order valence-corrected chi connectivity index (χ2v) is 26.0. The molecule has 4 aromatic heterocycles. The molecule has 5 nitrogen and oxygen atoms in total. The zero-order chi connectivity index (χ0) is 58.8. The maximum absolute atomic E-state index is 7.70. The molecule has 6 heterocycles. The molecule has 13 aromatic carbocycles. The summed E-state index contributed by atoms with van der Waals surface area (Å²) < 4.78 is 25.5. The summed E-state index contributed by atoms with van der Waals surface area (Å²) in [6.45, 7) is 6.49. The van der Waals surface area contributed by atoms with Crippen molar-refractivity contribution >= 4 is 155 Å². The number of nitrogens with zero attached hydrogens (tertiary/aromatic N) is 2. The molecule has 0 saturated carbocycles. The third kappa shape index (κ3) is 7.19. The first-order valence-electron chi connectivity index (χ1n) is 30.7. The van der Waals surface area contributed by atoms with Crippen LogP contribution < -0.4 is 26.2 Å². The second-order valence-electron chi connectivity index (χ2n) is 24.9. The van der Waals surface area contributed by atoms with Gasteiger partial charge in [0.25, 0.3) is 6.71 Å². The molecule has 0 spiro atoms. The third-order valence-electron chi connectivity index (χ3n) is 19.0. The summed E-state index contributed by atoms with van der Waals surface area (Å²) in [5, 5.41) is 8.73. The summed E-state index contributed by atoms with van der Waals surface area (Å²) in [5.41, 5.74) is 24.4. The molecule has 0 bridgehead atoms. The number of hydrogen-bond donors (Lipinski definition) is 0. The van der Waals surface area contributed by atoms with Gasteiger partial charge < -0.3 is 23.1 Å². The first kappa shape index (κ1) is 50.3. The van der Waals surface area contributed by atoms with Crippen molar-refractivity contribution in [1.82, 2.24) is 0 Å². The van der Waals surface area contributed by atoms with E-state index < -0.39 is 6.71 Å². The molecule has 17 aromatic rings. The van der Waals surface area contributed by atoms with E-state index in [2.05, 4.69) is 297 Å². The molecular formula is C82H53BN2O3S. The number of benzene rings is 13. The molecule has 0 fully saturated rings. The van der Waals surface area contributed by atoms with Crippen LogP contribution in [0.1, 0.15) is 26.3 Å². The quantitative estimate of drug-likeness (QED) is 0.155. The van der Waals surface area contributed by atoms with Crippen molar-refractivity contribution in [2.24, 2.45) is 0 Å². The summed E-state index contributed by atoms with van der Waals surface area (Å²) >= 11 is 1.88. The minimum absolute atomic E-state index is 0.154. The summed E-state index contributed by atoms with van der Waals surface area (Å²) in [7, 11) is 0. The largest absolute Gasteiger partial charge is 0.456 e. The molecule has 418 valence electrons. The van der Waals surface area contributed by atoms with Gasteiger partial charge in [-0.05, 0) is 110 Å². The van der Waals surface area contributed by atoms with Gasteiger partial charge >= 0.3 is 0 Å². The molecule has 0 radical (unpaired) electrons. The highest BCUT2D eigenvalue weighted by Gasteiger charge is 2.50. The fourth-order valence-electron chi connectivity index (χ4n) is 15.1. The maximum Gasteiger partial charge on any atom is 0.259 e. The van der Waals surface area contributed by atoms with Crippen molar-refractivity contribution in [3.8, 4) is 44.5 Å². The Labute approximate surface area is 517 Å². The Hall–Kier alpha value is -10.9. The highest BCUT2D eigenvalue weighted by molar-refractivity contribution is 7.28. The predicted molar refractivity (Wildman–Crippen MR) is 376 cm³/mol. The van der Waals surface area contributed by atoms with Crippen LogP contribution in [-0.2, 0) is 5.41 Å². The number of thiophene rings is 1. The van der Waals surface area contributed by atoms with Gasteiger partial charge in [0.15, 0.2) is 11.2 Å². The van der Waals surface area contributed by atoms with Crippen molar-refractivity contribution in [3.05, 3.63) is 272 Å². The molecule has 0 atom stereocenters. The van der Waals surface area contributed by atoms with Crippen LogP contribution in [0, 0.1) is 0 Å². The smallest absolute Gasteiger partial charge is 0.259 e. The van der Waals surface area contributed by atoms with Crippen LogP contribution in [0.5, 0.6) is 0 Å². The average Bonchev–Trinajstić information content (AvgIpc) is 1.66. The number of fused-ring (bicyclic) bond motifs is 22. The summed E-state index contributed by atoms with van der Waals surface area (Å²) in [5.74, 6) is 0. The number of furan rings is 3. The lowest BCUT2D eigenvalue weighted by atomic mass is 9.33. The zero-order valence-electron chi connectivity index (χ0n) is 49.0. The standard InChI is InChI=1S/C82H53BN2O3S/c1-82(2,3)52-43-44-62(60(47-52)50-29-11-6-12-30-50)85-64-46-51(54-32-14-13-31-53(54)48-25-7-4-8-26-48)45-63-73(64)83(75-77(85)80-71(58-36-18-23-41-67(58)88-80)72-59-37-19-24-42-68(59)89-81(72)75)74-76(84(63)61-38-20-15-33-55(61)49-27-9-5-10-28-49)79-70(57-35-17-22-40-66(57)87-79)69-56-34-16-21-39-65(56)86-78(69)74/h4-47H,1-3H3. The predicted octanol–water partition coefficient (Wildman–Crippen LogP) is 21.8. The van der Waals surface area contributed by atoms with Crippen LogP contribution in [0.25, 0.3) is 130 Å². The fraction of sp³-hybridized carbons (Fsp3) is 0.0488. The molecule has 2 aliphatic rings. The molecule has 0 amide bonds. The fourth-order valence-corrected chi connectivity index (χ4v) is 16.4. The molecule has 7 heteroatoms. The normalized spacial score (nSPS) is 13.0. The lowest BCUT2D eigenvalue weighted by molar-refractivity contribution is 0.590.